The Morgan fingerprint density at radius 3 is 3.08 bits per heavy atom. The highest BCUT2D eigenvalue weighted by Gasteiger charge is 2.14. The van der Waals surface area contributed by atoms with E-state index in [9.17, 15) is 8.78 Å². The van der Waals surface area contributed by atoms with Crippen LogP contribution in [0.2, 0.25) is 0 Å². The topological polar surface area (TPSA) is 30.8 Å². The Hall–Kier alpha value is -0.710. The lowest BCUT2D eigenvalue weighted by Gasteiger charge is -2.19. The lowest BCUT2D eigenvalue weighted by molar-refractivity contribution is 0.0163. The zero-order chi connectivity index (χ0) is 9.68. The summed E-state index contributed by atoms with van der Waals surface area (Å²) in [4.78, 5) is 4.47. The van der Waals surface area contributed by atoms with Crippen molar-refractivity contribution in [1.82, 2.24) is 0 Å². The lowest BCUT2D eigenvalue weighted by atomic mass is 10.1. The van der Waals surface area contributed by atoms with Gasteiger partial charge in [0.2, 0.25) is 0 Å². The van der Waals surface area contributed by atoms with Crippen LogP contribution in [-0.4, -0.2) is 31.5 Å². The first-order valence-electron chi connectivity index (χ1n) is 4.26. The molecule has 0 saturated carbocycles. The number of oxime groups is 1. The largest absolute Gasteiger partial charge is 0.390 e. The van der Waals surface area contributed by atoms with E-state index in [0.717, 1.165) is 5.71 Å². The van der Waals surface area contributed by atoms with Crippen molar-refractivity contribution in [3.05, 3.63) is 0 Å². The van der Waals surface area contributed by atoms with Gasteiger partial charge in [-0.1, -0.05) is 5.16 Å². The summed E-state index contributed by atoms with van der Waals surface area (Å²) in [5.41, 5.74) is 0.805. The molecule has 1 fully saturated rings. The third-order valence-electron chi connectivity index (χ3n) is 1.71. The van der Waals surface area contributed by atoms with Gasteiger partial charge in [0.05, 0.1) is 18.4 Å². The molecule has 1 aliphatic heterocycles. The molecule has 1 rings (SSSR count). The molecular weight excluding hydrogens is 180 g/mol. The fourth-order valence-corrected chi connectivity index (χ4v) is 1.14. The zero-order valence-corrected chi connectivity index (χ0v) is 7.50. The Kier molecular flexibility index (Phi) is 4.08. The van der Waals surface area contributed by atoms with Crippen molar-refractivity contribution in [1.29, 1.82) is 0 Å². The van der Waals surface area contributed by atoms with E-state index in [4.69, 9.17) is 4.74 Å². The minimum absolute atomic E-state index is 0.114. The maximum Gasteiger partial charge on any atom is 0.274 e. The predicted molar refractivity (Wildman–Crippen MR) is 44.0 cm³/mol. The van der Waals surface area contributed by atoms with Gasteiger partial charge in [-0.05, 0) is 6.92 Å². The van der Waals surface area contributed by atoms with Gasteiger partial charge in [-0.25, -0.2) is 8.78 Å². The Morgan fingerprint density at radius 1 is 1.69 bits per heavy atom. The van der Waals surface area contributed by atoms with E-state index in [-0.39, 0.29) is 6.10 Å². The average Bonchev–Trinajstić information content (AvgIpc) is 2.03. The fraction of sp³-hybridized carbons (Fsp3) is 0.875. The van der Waals surface area contributed by atoms with Crippen LogP contribution in [0.5, 0.6) is 0 Å². The number of alkyl halides is 2. The predicted octanol–water partition coefficient (Wildman–Crippen LogP) is 1.82. The van der Waals surface area contributed by atoms with Gasteiger partial charge >= 0.3 is 0 Å². The maximum absolute atomic E-state index is 11.6. The van der Waals surface area contributed by atoms with Gasteiger partial charge in [0, 0.05) is 12.8 Å². The van der Waals surface area contributed by atoms with Crippen molar-refractivity contribution in [2.75, 3.05) is 13.2 Å². The molecule has 3 nitrogen and oxygen atoms in total. The number of hydrogen-bond donors (Lipinski definition) is 0. The molecule has 13 heavy (non-hydrogen) atoms. The molecule has 5 heteroatoms. The Labute approximate surface area is 75.7 Å². The van der Waals surface area contributed by atoms with Gasteiger partial charge in [-0.3, -0.25) is 0 Å². The van der Waals surface area contributed by atoms with Crippen molar-refractivity contribution in [2.24, 2.45) is 5.16 Å². The van der Waals surface area contributed by atoms with E-state index in [0.29, 0.717) is 19.4 Å². The molecule has 0 N–H and O–H groups in total. The van der Waals surface area contributed by atoms with E-state index in [1.807, 2.05) is 6.92 Å². The molecule has 0 aromatic rings. The van der Waals surface area contributed by atoms with Crippen LogP contribution in [0, 0.1) is 0 Å². The number of halogens is 2. The first kappa shape index (κ1) is 10.4. The molecule has 0 aliphatic carbocycles. The summed E-state index contributed by atoms with van der Waals surface area (Å²) in [6, 6.07) is 0. The van der Waals surface area contributed by atoms with E-state index in [2.05, 4.69) is 9.99 Å². The molecule has 0 spiro atoms. The number of nitrogens with zero attached hydrogens (tertiary/aromatic N) is 1. The van der Waals surface area contributed by atoms with E-state index >= 15 is 0 Å². The normalized spacial score (nSPS) is 26.8. The third kappa shape index (κ3) is 4.17. The Balaban J connectivity index is 2.25. The minimum Gasteiger partial charge on any atom is -0.390 e. The van der Waals surface area contributed by atoms with Crippen LogP contribution in [-0.2, 0) is 9.57 Å². The van der Waals surface area contributed by atoms with Crippen molar-refractivity contribution in [3.63, 3.8) is 0 Å². The second kappa shape index (κ2) is 5.11. The fourth-order valence-electron chi connectivity index (χ4n) is 1.14. The first-order valence-corrected chi connectivity index (χ1v) is 4.26. The summed E-state index contributed by atoms with van der Waals surface area (Å²) in [5.74, 6) is 0. The molecule has 1 atom stereocenters. The molecule has 1 heterocycles. The van der Waals surface area contributed by atoms with Crippen molar-refractivity contribution < 1.29 is 18.4 Å². The Bertz CT molecular complexity index is 185. The van der Waals surface area contributed by atoms with Crippen molar-refractivity contribution in [2.45, 2.75) is 32.3 Å². The summed E-state index contributed by atoms with van der Waals surface area (Å²) in [6.45, 7) is 1.89. The summed E-state index contributed by atoms with van der Waals surface area (Å²) in [5, 5.41) is 3.63. The Morgan fingerprint density at radius 2 is 2.46 bits per heavy atom. The van der Waals surface area contributed by atoms with Crippen LogP contribution in [0.4, 0.5) is 8.78 Å². The molecule has 0 aromatic heterocycles. The molecule has 0 bridgehead atoms. The summed E-state index contributed by atoms with van der Waals surface area (Å²) in [6.07, 6.45) is -0.999. The molecule has 0 radical (unpaired) electrons. The molecule has 1 saturated heterocycles. The van der Waals surface area contributed by atoms with Gasteiger partial charge in [-0.15, -0.1) is 0 Å². The average molecular weight is 193 g/mol. The highest BCUT2D eigenvalue weighted by Crippen LogP contribution is 2.10. The minimum atomic E-state index is -2.46. The summed E-state index contributed by atoms with van der Waals surface area (Å²) in [7, 11) is 0. The molecule has 76 valence electrons. The van der Waals surface area contributed by atoms with E-state index in [1.54, 1.807) is 0 Å². The van der Waals surface area contributed by atoms with Crippen LogP contribution in [0.1, 0.15) is 19.8 Å². The molecule has 1 aliphatic rings. The molecule has 0 amide bonds. The van der Waals surface area contributed by atoms with Gasteiger partial charge in [-0.2, -0.15) is 0 Å². The zero-order valence-electron chi connectivity index (χ0n) is 7.50. The third-order valence-corrected chi connectivity index (χ3v) is 1.71. The van der Waals surface area contributed by atoms with Crippen LogP contribution in [0.15, 0.2) is 5.16 Å². The van der Waals surface area contributed by atoms with Crippen LogP contribution < -0.4 is 0 Å². The molecule has 1 unspecified atom stereocenters. The number of rotatable bonds is 3. The summed E-state index contributed by atoms with van der Waals surface area (Å²) < 4.78 is 28.5. The molecular formula is C8H13F2NO2. The van der Waals surface area contributed by atoms with E-state index < -0.39 is 13.0 Å². The standard InChI is InChI=1S/C8H13F2NO2/c1-6-4-7(2-3-12-6)11-13-5-8(9)10/h6,8H,2-5H2,1H3/b11-7-. The quantitative estimate of drug-likeness (QED) is 0.640. The van der Waals surface area contributed by atoms with Gasteiger partial charge in [0.15, 0.2) is 6.61 Å². The van der Waals surface area contributed by atoms with E-state index in [1.165, 1.54) is 0 Å². The summed E-state index contributed by atoms with van der Waals surface area (Å²) >= 11 is 0. The maximum atomic E-state index is 11.6. The van der Waals surface area contributed by atoms with Crippen LogP contribution in [0.3, 0.4) is 0 Å². The highest BCUT2D eigenvalue weighted by atomic mass is 19.3. The number of hydrogen-bond acceptors (Lipinski definition) is 3. The van der Waals surface area contributed by atoms with Gasteiger partial charge in [0.1, 0.15) is 0 Å². The van der Waals surface area contributed by atoms with Gasteiger partial charge in [0.25, 0.3) is 6.43 Å². The van der Waals surface area contributed by atoms with Crippen LogP contribution in [0.25, 0.3) is 0 Å². The first-order chi connectivity index (χ1) is 6.18. The SMILES string of the molecule is CC1C/C(=N\OCC(F)F)CCO1. The second-order valence-corrected chi connectivity index (χ2v) is 2.98. The van der Waals surface area contributed by atoms with Crippen molar-refractivity contribution >= 4 is 5.71 Å². The van der Waals surface area contributed by atoms with Crippen molar-refractivity contribution in [3.8, 4) is 0 Å². The highest BCUT2D eigenvalue weighted by molar-refractivity contribution is 5.84. The molecule has 0 aromatic carbocycles. The lowest BCUT2D eigenvalue weighted by Crippen LogP contribution is -2.23. The van der Waals surface area contributed by atoms with Crippen LogP contribution >= 0.6 is 0 Å². The smallest absolute Gasteiger partial charge is 0.274 e. The monoisotopic (exact) mass is 193 g/mol. The van der Waals surface area contributed by atoms with Gasteiger partial charge < -0.3 is 9.57 Å². The number of ether oxygens (including phenoxy) is 1. The second-order valence-electron chi connectivity index (χ2n) is 2.98.